The molecule has 0 bridgehead atoms. The van der Waals surface area contributed by atoms with Crippen LogP contribution in [0.5, 0.6) is 0 Å². The maximum atomic E-state index is 6.11. The van der Waals surface area contributed by atoms with E-state index in [0.29, 0.717) is 0 Å². The normalized spacial score (nSPS) is 13.0. The van der Waals surface area contributed by atoms with Crippen LogP contribution in [-0.2, 0) is 6.42 Å². The number of furan rings is 1. The van der Waals surface area contributed by atoms with Crippen LogP contribution in [0.25, 0.3) is 0 Å². The zero-order chi connectivity index (χ0) is 10.8. The van der Waals surface area contributed by atoms with Crippen LogP contribution >= 0.6 is 27.3 Å². The predicted octanol–water partition coefficient (Wildman–Crippen LogP) is 3.65. The molecule has 1 atom stereocenters. The van der Waals surface area contributed by atoms with Crippen molar-refractivity contribution in [2.75, 3.05) is 0 Å². The van der Waals surface area contributed by atoms with Gasteiger partial charge in [0.2, 0.25) is 0 Å². The lowest BCUT2D eigenvalue weighted by atomic mass is 10.1. The van der Waals surface area contributed by atoms with Crippen molar-refractivity contribution in [3.63, 3.8) is 0 Å². The van der Waals surface area contributed by atoms with Crippen LogP contribution < -0.4 is 5.73 Å². The highest BCUT2D eigenvalue weighted by Crippen LogP contribution is 2.26. The van der Waals surface area contributed by atoms with Crippen molar-refractivity contribution in [2.45, 2.75) is 19.4 Å². The fourth-order valence-electron chi connectivity index (χ4n) is 1.57. The molecule has 0 saturated heterocycles. The second-order valence-corrected chi connectivity index (χ2v) is 5.39. The van der Waals surface area contributed by atoms with E-state index >= 15 is 0 Å². The number of rotatable bonds is 3. The molecule has 2 aromatic heterocycles. The van der Waals surface area contributed by atoms with Crippen molar-refractivity contribution in [3.05, 3.63) is 44.4 Å². The van der Waals surface area contributed by atoms with Gasteiger partial charge in [-0.25, -0.2) is 0 Å². The van der Waals surface area contributed by atoms with Crippen molar-refractivity contribution in [1.29, 1.82) is 0 Å². The van der Waals surface area contributed by atoms with Crippen LogP contribution in [0.2, 0.25) is 0 Å². The first-order valence-electron chi connectivity index (χ1n) is 4.69. The van der Waals surface area contributed by atoms with Gasteiger partial charge in [-0.05, 0) is 35.0 Å². The van der Waals surface area contributed by atoms with E-state index in [1.165, 1.54) is 4.88 Å². The third kappa shape index (κ3) is 2.51. The van der Waals surface area contributed by atoms with Gasteiger partial charge in [0.15, 0.2) is 0 Å². The van der Waals surface area contributed by atoms with Crippen LogP contribution in [0.15, 0.2) is 32.7 Å². The number of thiophene rings is 1. The second-order valence-electron chi connectivity index (χ2n) is 3.47. The third-order valence-corrected chi connectivity index (χ3v) is 4.06. The molecule has 0 aromatic carbocycles. The molecule has 2 nitrogen and oxygen atoms in total. The molecule has 2 heterocycles. The summed E-state index contributed by atoms with van der Waals surface area (Å²) in [6.45, 7) is 1.94. The summed E-state index contributed by atoms with van der Waals surface area (Å²) in [7, 11) is 0. The van der Waals surface area contributed by atoms with E-state index in [4.69, 9.17) is 10.2 Å². The Hall–Kier alpha value is -0.580. The van der Waals surface area contributed by atoms with Gasteiger partial charge in [-0.15, -0.1) is 11.3 Å². The molecular formula is C11H12BrNOS. The SMILES string of the molecule is Cc1occc1C(N)Cc1cc(Br)cs1. The quantitative estimate of drug-likeness (QED) is 0.935. The lowest BCUT2D eigenvalue weighted by Gasteiger charge is -2.08. The van der Waals surface area contributed by atoms with E-state index in [0.717, 1.165) is 22.2 Å². The molecule has 0 aliphatic rings. The Kier molecular flexibility index (Phi) is 3.29. The highest BCUT2D eigenvalue weighted by atomic mass is 79.9. The summed E-state index contributed by atoms with van der Waals surface area (Å²) >= 11 is 5.16. The number of nitrogens with two attached hydrogens (primary N) is 1. The molecule has 0 aliphatic heterocycles. The van der Waals surface area contributed by atoms with Gasteiger partial charge in [-0.1, -0.05) is 0 Å². The van der Waals surface area contributed by atoms with E-state index in [2.05, 4.69) is 27.4 Å². The van der Waals surface area contributed by atoms with Crippen LogP contribution in [0, 0.1) is 6.92 Å². The minimum atomic E-state index is 0.0225. The zero-order valence-corrected chi connectivity index (χ0v) is 10.8. The van der Waals surface area contributed by atoms with Crippen molar-refractivity contribution < 1.29 is 4.42 Å². The first-order chi connectivity index (χ1) is 7.16. The first kappa shape index (κ1) is 10.9. The molecule has 0 fully saturated rings. The van der Waals surface area contributed by atoms with Gasteiger partial charge in [0.05, 0.1) is 6.26 Å². The second kappa shape index (κ2) is 4.51. The van der Waals surface area contributed by atoms with Gasteiger partial charge >= 0.3 is 0 Å². The summed E-state index contributed by atoms with van der Waals surface area (Å²) in [4.78, 5) is 1.29. The third-order valence-electron chi connectivity index (χ3n) is 2.34. The fraction of sp³-hybridized carbons (Fsp3) is 0.273. The Morgan fingerprint density at radius 1 is 1.60 bits per heavy atom. The fourth-order valence-corrected chi connectivity index (χ4v) is 3.08. The largest absolute Gasteiger partial charge is 0.469 e. The average molecular weight is 286 g/mol. The lowest BCUT2D eigenvalue weighted by molar-refractivity contribution is 0.524. The molecule has 0 aliphatic carbocycles. The van der Waals surface area contributed by atoms with Crippen molar-refractivity contribution in [1.82, 2.24) is 0 Å². The summed E-state index contributed by atoms with van der Waals surface area (Å²) in [5.74, 6) is 0.915. The van der Waals surface area contributed by atoms with Gasteiger partial charge in [0, 0.05) is 32.8 Å². The highest BCUT2D eigenvalue weighted by Gasteiger charge is 2.12. The van der Waals surface area contributed by atoms with E-state index < -0.39 is 0 Å². The maximum absolute atomic E-state index is 6.11. The van der Waals surface area contributed by atoms with Crippen LogP contribution in [-0.4, -0.2) is 0 Å². The summed E-state index contributed by atoms with van der Waals surface area (Å²) in [6.07, 6.45) is 2.55. The standard InChI is InChI=1S/C11H12BrNOS/c1-7-10(2-3-14-7)11(13)5-9-4-8(12)6-15-9/h2-4,6,11H,5,13H2,1H3. The Morgan fingerprint density at radius 3 is 2.93 bits per heavy atom. The van der Waals surface area contributed by atoms with Gasteiger partial charge in [-0.3, -0.25) is 0 Å². The zero-order valence-electron chi connectivity index (χ0n) is 8.37. The van der Waals surface area contributed by atoms with Crippen molar-refractivity contribution >= 4 is 27.3 Å². The topological polar surface area (TPSA) is 39.2 Å². The summed E-state index contributed by atoms with van der Waals surface area (Å²) < 4.78 is 6.37. The lowest BCUT2D eigenvalue weighted by Crippen LogP contribution is -2.12. The van der Waals surface area contributed by atoms with E-state index in [-0.39, 0.29) is 6.04 Å². The van der Waals surface area contributed by atoms with Gasteiger partial charge < -0.3 is 10.2 Å². The van der Waals surface area contributed by atoms with Gasteiger partial charge in [0.1, 0.15) is 5.76 Å². The molecule has 0 saturated carbocycles. The first-order valence-corrected chi connectivity index (χ1v) is 6.36. The molecule has 0 spiro atoms. The van der Waals surface area contributed by atoms with E-state index in [9.17, 15) is 0 Å². The molecule has 2 aromatic rings. The van der Waals surface area contributed by atoms with Crippen molar-refractivity contribution in [3.8, 4) is 0 Å². The molecule has 2 rings (SSSR count). The highest BCUT2D eigenvalue weighted by molar-refractivity contribution is 9.10. The monoisotopic (exact) mass is 285 g/mol. The van der Waals surface area contributed by atoms with Crippen molar-refractivity contribution in [2.24, 2.45) is 5.73 Å². The Labute approximate surface area is 101 Å². The van der Waals surface area contributed by atoms with Crippen LogP contribution in [0.1, 0.15) is 22.2 Å². The summed E-state index contributed by atoms with van der Waals surface area (Å²) in [6, 6.07) is 4.08. The van der Waals surface area contributed by atoms with Crippen LogP contribution in [0.4, 0.5) is 0 Å². The molecule has 80 valence electrons. The van der Waals surface area contributed by atoms with Gasteiger partial charge in [-0.2, -0.15) is 0 Å². The molecule has 4 heteroatoms. The van der Waals surface area contributed by atoms with E-state index in [1.54, 1.807) is 17.6 Å². The maximum Gasteiger partial charge on any atom is 0.105 e. The Morgan fingerprint density at radius 2 is 2.40 bits per heavy atom. The smallest absolute Gasteiger partial charge is 0.105 e. The number of halogens is 1. The molecule has 0 radical (unpaired) electrons. The minimum Gasteiger partial charge on any atom is -0.469 e. The average Bonchev–Trinajstić information content (AvgIpc) is 2.75. The number of hydrogen-bond donors (Lipinski definition) is 1. The predicted molar refractivity (Wildman–Crippen MR) is 66.1 cm³/mol. The molecular weight excluding hydrogens is 274 g/mol. The van der Waals surface area contributed by atoms with Gasteiger partial charge in [0.25, 0.3) is 0 Å². The molecule has 15 heavy (non-hydrogen) atoms. The van der Waals surface area contributed by atoms with E-state index in [1.807, 2.05) is 13.0 Å². The summed E-state index contributed by atoms with van der Waals surface area (Å²) in [5, 5.41) is 2.07. The number of hydrogen-bond acceptors (Lipinski definition) is 3. The minimum absolute atomic E-state index is 0.0225. The Bertz CT molecular complexity index is 449. The molecule has 0 amide bonds. The Balaban J connectivity index is 2.10. The molecule has 2 N–H and O–H groups in total. The summed E-state index contributed by atoms with van der Waals surface area (Å²) in [5.41, 5.74) is 7.21. The molecule has 1 unspecified atom stereocenters. The number of aryl methyl sites for hydroxylation is 1. The van der Waals surface area contributed by atoms with Crippen LogP contribution in [0.3, 0.4) is 0 Å².